The van der Waals surface area contributed by atoms with E-state index in [1.165, 1.54) is 49.6 Å². The van der Waals surface area contributed by atoms with E-state index in [-0.39, 0.29) is 0 Å². The van der Waals surface area contributed by atoms with Gasteiger partial charge in [0.2, 0.25) is 0 Å². The molecule has 6 nitrogen and oxygen atoms in total. The monoisotopic (exact) mass is 342 g/mol. The maximum atomic E-state index is 4.58. The molecule has 0 amide bonds. The summed E-state index contributed by atoms with van der Waals surface area (Å²) in [6.45, 7) is 7.64. The van der Waals surface area contributed by atoms with Crippen LogP contribution in [0.5, 0.6) is 0 Å². The summed E-state index contributed by atoms with van der Waals surface area (Å²) in [7, 11) is 0. The van der Waals surface area contributed by atoms with Crippen molar-refractivity contribution in [3.05, 3.63) is 29.9 Å². The summed E-state index contributed by atoms with van der Waals surface area (Å²) in [6.07, 6.45) is 12.5. The number of hydrogen-bond donors (Lipinski definition) is 0. The lowest BCUT2D eigenvalue weighted by molar-refractivity contribution is 0.193. The van der Waals surface area contributed by atoms with Gasteiger partial charge >= 0.3 is 0 Å². The van der Waals surface area contributed by atoms with Gasteiger partial charge in [-0.1, -0.05) is 13.3 Å². The smallest absolute Gasteiger partial charge is 0.136 e. The van der Waals surface area contributed by atoms with Crippen molar-refractivity contribution in [1.82, 2.24) is 29.2 Å². The highest BCUT2D eigenvalue weighted by atomic mass is 15.3. The van der Waals surface area contributed by atoms with E-state index in [1.54, 1.807) is 0 Å². The number of aryl methyl sites for hydroxylation is 2. The number of hydrogen-bond acceptors (Lipinski definition) is 4. The second-order valence-corrected chi connectivity index (χ2v) is 7.52. The molecule has 4 rings (SSSR count). The molecule has 0 saturated carbocycles. The van der Waals surface area contributed by atoms with Crippen LogP contribution in [0.15, 0.2) is 12.4 Å². The first-order chi connectivity index (χ1) is 12.3. The van der Waals surface area contributed by atoms with Gasteiger partial charge in [-0.2, -0.15) is 0 Å². The lowest BCUT2D eigenvalue weighted by atomic mass is 9.96. The fourth-order valence-electron chi connectivity index (χ4n) is 4.30. The molecule has 1 saturated heterocycles. The Balaban J connectivity index is 1.37. The van der Waals surface area contributed by atoms with E-state index in [0.717, 1.165) is 45.6 Å². The molecule has 2 aliphatic rings. The number of aromatic nitrogens is 5. The minimum Gasteiger partial charge on any atom is -0.334 e. The van der Waals surface area contributed by atoms with Crippen LogP contribution in [0.2, 0.25) is 0 Å². The van der Waals surface area contributed by atoms with Crippen LogP contribution in [0.3, 0.4) is 0 Å². The van der Waals surface area contributed by atoms with E-state index in [9.17, 15) is 0 Å². The van der Waals surface area contributed by atoms with E-state index in [4.69, 9.17) is 0 Å². The molecule has 0 aliphatic carbocycles. The molecule has 2 aliphatic heterocycles. The Morgan fingerprint density at radius 2 is 1.96 bits per heavy atom. The van der Waals surface area contributed by atoms with Gasteiger partial charge in [0, 0.05) is 37.8 Å². The molecule has 25 heavy (non-hydrogen) atoms. The lowest BCUT2D eigenvalue weighted by Crippen LogP contribution is -2.34. The third-order valence-electron chi connectivity index (χ3n) is 5.72. The van der Waals surface area contributed by atoms with Gasteiger partial charge in [-0.3, -0.25) is 4.90 Å². The topological polar surface area (TPSA) is 51.8 Å². The molecule has 1 fully saturated rings. The van der Waals surface area contributed by atoms with Crippen molar-refractivity contribution in [2.24, 2.45) is 0 Å². The molecule has 4 heterocycles. The minimum absolute atomic E-state index is 0.575. The maximum absolute atomic E-state index is 4.58. The first kappa shape index (κ1) is 16.8. The van der Waals surface area contributed by atoms with E-state index < -0.39 is 0 Å². The highest BCUT2D eigenvalue weighted by Gasteiger charge is 2.27. The molecule has 0 N–H and O–H groups in total. The predicted octanol–water partition coefficient (Wildman–Crippen LogP) is 2.99. The number of fused-ring (bicyclic) bond motifs is 1. The first-order valence-electron chi connectivity index (χ1n) is 9.99. The Morgan fingerprint density at radius 3 is 2.80 bits per heavy atom. The molecule has 0 spiro atoms. The Hall–Kier alpha value is -1.69. The van der Waals surface area contributed by atoms with Crippen LogP contribution in [0.4, 0.5) is 0 Å². The normalized spacial score (nSPS) is 19.7. The zero-order valence-corrected chi connectivity index (χ0v) is 15.4. The van der Waals surface area contributed by atoms with Gasteiger partial charge in [0.25, 0.3) is 0 Å². The third kappa shape index (κ3) is 3.64. The van der Waals surface area contributed by atoms with E-state index in [1.807, 2.05) is 6.20 Å². The third-order valence-corrected chi connectivity index (χ3v) is 5.72. The van der Waals surface area contributed by atoms with Crippen LogP contribution in [-0.2, 0) is 26.1 Å². The summed E-state index contributed by atoms with van der Waals surface area (Å²) < 4.78 is 4.73. The molecule has 2 aromatic rings. The Bertz CT molecular complexity index is 680. The number of imidazole rings is 1. The van der Waals surface area contributed by atoms with Gasteiger partial charge in [0.15, 0.2) is 0 Å². The van der Waals surface area contributed by atoms with Crippen LogP contribution >= 0.6 is 0 Å². The average Bonchev–Trinajstić information content (AvgIpc) is 3.16. The minimum atomic E-state index is 0.575. The summed E-state index contributed by atoms with van der Waals surface area (Å²) in [5, 5.41) is 9.07. The molecule has 136 valence electrons. The second kappa shape index (κ2) is 7.68. The van der Waals surface area contributed by atoms with Crippen LogP contribution in [0.1, 0.15) is 68.8 Å². The molecule has 6 heteroatoms. The number of likely N-dealkylation sites (tertiary alicyclic amines) is 1. The van der Waals surface area contributed by atoms with Crippen molar-refractivity contribution in [3.63, 3.8) is 0 Å². The standard InChI is InChI=1S/C19H30N6/c1-2-10-24-14-9-20-18(24)15-23-12-7-16(8-13-23)19-22-21-17-6-4-3-5-11-25(17)19/h9,14,16H,2-8,10-13,15H2,1H3. The molecule has 0 unspecified atom stereocenters. The van der Waals surface area contributed by atoms with Gasteiger partial charge in [-0.25, -0.2) is 4.98 Å². The largest absolute Gasteiger partial charge is 0.334 e. The number of nitrogens with zero attached hydrogens (tertiary/aromatic N) is 6. The Kier molecular flexibility index (Phi) is 5.15. The van der Waals surface area contributed by atoms with Crippen LogP contribution in [0.25, 0.3) is 0 Å². The molecule has 0 atom stereocenters. The molecule has 2 aromatic heterocycles. The van der Waals surface area contributed by atoms with Crippen molar-refractivity contribution in [3.8, 4) is 0 Å². The van der Waals surface area contributed by atoms with E-state index in [0.29, 0.717) is 5.92 Å². The maximum Gasteiger partial charge on any atom is 0.136 e. The summed E-state index contributed by atoms with van der Waals surface area (Å²) in [4.78, 5) is 7.11. The highest BCUT2D eigenvalue weighted by Crippen LogP contribution is 2.29. The average molecular weight is 342 g/mol. The molecule has 0 radical (unpaired) electrons. The van der Waals surface area contributed by atoms with Gasteiger partial charge in [-0.15, -0.1) is 10.2 Å². The molecular weight excluding hydrogens is 312 g/mol. The van der Waals surface area contributed by atoms with Gasteiger partial charge < -0.3 is 9.13 Å². The van der Waals surface area contributed by atoms with Crippen LogP contribution in [-0.4, -0.2) is 42.3 Å². The van der Waals surface area contributed by atoms with Gasteiger partial charge in [-0.05, 0) is 45.2 Å². The quantitative estimate of drug-likeness (QED) is 0.838. The van der Waals surface area contributed by atoms with Crippen LogP contribution < -0.4 is 0 Å². The predicted molar refractivity (Wildman–Crippen MR) is 97.3 cm³/mol. The summed E-state index contributed by atoms with van der Waals surface area (Å²) in [6, 6.07) is 0. The second-order valence-electron chi connectivity index (χ2n) is 7.52. The van der Waals surface area contributed by atoms with Crippen molar-refractivity contribution in [2.75, 3.05) is 13.1 Å². The highest BCUT2D eigenvalue weighted by molar-refractivity contribution is 5.05. The number of piperidine rings is 1. The first-order valence-corrected chi connectivity index (χ1v) is 9.99. The Labute approximate surface area is 150 Å². The fraction of sp³-hybridized carbons (Fsp3) is 0.737. The summed E-state index contributed by atoms with van der Waals surface area (Å²) in [5.41, 5.74) is 0. The van der Waals surface area contributed by atoms with Crippen molar-refractivity contribution in [1.29, 1.82) is 0 Å². The zero-order valence-electron chi connectivity index (χ0n) is 15.4. The summed E-state index contributed by atoms with van der Waals surface area (Å²) in [5.74, 6) is 4.25. The SMILES string of the molecule is CCCn1ccnc1CN1CCC(c2nnc3n2CCCCC3)CC1. The fourth-order valence-corrected chi connectivity index (χ4v) is 4.30. The van der Waals surface area contributed by atoms with Crippen molar-refractivity contribution >= 4 is 0 Å². The molecular formula is C19H30N6. The van der Waals surface area contributed by atoms with Gasteiger partial charge in [0.05, 0.1) is 6.54 Å². The molecule has 0 aromatic carbocycles. The van der Waals surface area contributed by atoms with Crippen molar-refractivity contribution < 1.29 is 0 Å². The van der Waals surface area contributed by atoms with Gasteiger partial charge in [0.1, 0.15) is 17.5 Å². The Morgan fingerprint density at radius 1 is 1.08 bits per heavy atom. The van der Waals surface area contributed by atoms with E-state index in [2.05, 4.69) is 42.3 Å². The molecule has 0 bridgehead atoms. The zero-order chi connectivity index (χ0) is 17.1. The summed E-state index contributed by atoms with van der Waals surface area (Å²) >= 11 is 0. The number of rotatable bonds is 5. The van der Waals surface area contributed by atoms with Crippen LogP contribution in [0, 0.1) is 0 Å². The van der Waals surface area contributed by atoms with E-state index >= 15 is 0 Å². The lowest BCUT2D eigenvalue weighted by Gasteiger charge is -2.31. The van der Waals surface area contributed by atoms with Crippen molar-refractivity contribution in [2.45, 2.75) is 77.4 Å².